The van der Waals surface area contributed by atoms with Gasteiger partial charge < -0.3 is 10.0 Å². The van der Waals surface area contributed by atoms with Crippen LogP contribution in [0.4, 0.5) is 0 Å². The molecule has 0 bridgehead atoms. The van der Waals surface area contributed by atoms with E-state index in [9.17, 15) is 9.90 Å². The Hall–Kier alpha value is -1.62. The third-order valence-corrected chi connectivity index (χ3v) is 3.79. The van der Waals surface area contributed by atoms with Crippen LogP contribution >= 0.6 is 0 Å². The number of rotatable bonds is 2. The average molecular weight is 263 g/mol. The van der Waals surface area contributed by atoms with Gasteiger partial charge in [-0.25, -0.2) is 0 Å². The van der Waals surface area contributed by atoms with Crippen LogP contribution in [-0.2, 0) is 0 Å². The summed E-state index contributed by atoms with van der Waals surface area (Å²) in [5.74, 6) is -0.142. The maximum atomic E-state index is 12.5. The van der Waals surface area contributed by atoms with Crippen LogP contribution in [0.5, 0.6) is 5.75 Å². The molecule has 2 rings (SSSR count). The number of pyridine rings is 1. The van der Waals surface area contributed by atoms with Crippen LogP contribution in [-0.4, -0.2) is 58.5 Å². The Bertz CT molecular complexity index is 476. The summed E-state index contributed by atoms with van der Waals surface area (Å²) in [6.07, 6.45) is 2.36. The Balaban J connectivity index is 2.18. The third kappa shape index (κ3) is 2.87. The van der Waals surface area contributed by atoms with E-state index in [4.69, 9.17) is 0 Å². The van der Waals surface area contributed by atoms with Gasteiger partial charge in [0.1, 0.15) is 5.75 Å². The maximum Gasteiger partial charge on any atom is 0.257 e. The lowest BCUT2D eigenvalue weighted by Crippen LogP contribution is -2.53. The Morgan fingerprint density at radius 3 is 2.95 bits per heavy atom. The summed E-state index contributed by atoms with van der Waals surface area (Å²) in [7, 11) is 2.09. The van der Waals surface area contributed by atoms with Gasteiger partial charge in [-0.05, 0) is 26.5 Å². The van der Waals surface area contributed by atoms with E-state index in [1.807, 2.05) is 11.8 Å². The zero-order chi connectivity index (χ0) is 14.0. The zero-order valence-corrected chi connectivity index (χ0v) is 11.8. The second kappa shape index (κ2) is 5.57. The molecule has 19 heavy (non-hydrogen) atoms. The molecule has 1 aromatic heterocycles. The molecule has 1 fully saturated rings. The first-order valence-electron chi connectivity index (χ1n) is 6.68. The number of aromatic hydroxyl groups is 1. The minimum absolute atomic E-state index is 0.0393. The van der Waals surface area contributed by atoms with Crippen LogP contribution in [0.1, 0.15) is 29.4 Å². The van der Waals surface area contributed by atoms with E-state index in [2.05, 4.69) is 23.9 Å². The summed E-state index contributed by atoms with van der Waals surface area (Å²) in [6.45, 7) is 6.23. The zero-order valence-electron chi connectivity index (χ0n) is 11.8. The van der Waals surface area contributed by atoms with Gasteiger partial charge in [0.15, 0.2) is 0 Å². The third-order valence-electron chi connectivity index (χ3n) is 3.79. The molecule has 0 unspecified atom stereocenters. The van der Waals surface area contributed by atoms with E-state index in [1.165, 1.54) is 6.20 Å². The van der Waals surface area contributed by atoms with Crippen molar-refractivity contribution in [3.8, 4) is 5.75 Å². The minimum atomic E-state index is -0.102. The number of likely N-dealkylation sites (N-methyl/N-ethyl adjacent to an activating group) is 1. The standard InChI is InChI=1S/C14H21N3O2/c1-4-11-9-17(6-5-16(11)3)14(19)12-7-10(2)15-8-13(12)18/h7-8,11,18H,4-6,9H2,1-3H3/t11-/m1/s1. The van der Waals surface area contributed by atoms with Gasteiger partial charge in [-0.15, -0.1) is 0 Å². The van der Waals surface area contributed by atoms with Crippen molar-refractivity contribution in [3.05, 3.63) is 23.5 Å². The summed E-state index contributed by atoms with van der Waals surface area (Å²) in [5.41, 5.74) is 1.09. The molecule has 0 spiro atoms. The van der Waals surface area contributed by atoms with Gasteiger partial charge >= 0.3 is 0 Å². The van der Waals surface area contributed by atoms with E-state index in [0.29, 0.717) is 24.7 Å². The summed E-state index contributed by atoms with van der Waals surface area (Å²) in [5, 5.41) is 9.79. The molecule has 1 atom stereocenters. The molecular weight excluding hydrogens is 242 g/mol. The van der Waals surface area contributed by atoms with Crippen LogP contribution in [0.2, 0.25) is 0 Å². The number of nitrogens with zero attached hydrogens (tertiary/aromatic N) is 3. The van der Waals surface area contributed by atoms with Crippen LogP contribution in [0.25, 0.3) is 0 Å². The van der Waals surface area contributed by atoms with Gasteiger partial charge in [-0.1, -0.05) is 6.92 Å². The lowest BCUT2D eigenvalue weighted by Gasteiger charge is -2.39. The van der Waals surface area contributed by atoms with E-state index in [0.717, 1.165) is 18.7 Å². The van der Waals surface area contributed by atoms with Crippen molar-refractivity contribution in [2.24, 2.45) is 0 Å². The Labute approximate surface area is 113 Å². The number of hydrogen-bond donors (Lipinski definition) is 1. The molecule has 1 aliphatic rings. The maximum absolute atomic E-state index is 12.5. The number of aromatic nitrogens is 1. The molecule has 0 radical (unpaired) electrons. The molecule has 1 aliphatic heterocycles. The first kappa shape index (κ1) is 13.8. The smallest absolute Gasteiger partial charge is 0.257 e. The molecule has 5 heteroatoms. The SMILES string of the molecule is CC[C@@H]1CN(C(=O)c2cc(C)ncc2O)CCN1C. The highest BCUT2D eigenvalue weighted by Gasteiger charge is 2.28. The second-order valence-electron chi connectivity index (χ2n) is 5.14. The van der Waals surface area contributed by atoms with Crippen molar-refractivity contribution >= 4 is 5.91 Å². The molecule has 2 heterocycles. The fourth-order valence-corrected chi connectivity index (χ4v) is 2.47. The van der Waals surface area contributed by atoms with Crippen molar-refractivity contribution in [2.75, 3.05) is 26.7 Å². The largest absolute Gasteiger partial charge is 0.505 e. The van der Waals surface area contributed by atoms with Gasteiger partial charge in [0.2, 0.25) is 0 Å². The highest BCUT2D eigenvalue weighted by molar-refractivity contribution is 5.96. The van der Waals surface area contributed by atoms with Crippen molar-refractivity contribution in [1.29, 1.82) is 0 Å². The lowest BCUT2D eigenvalue weighted by molar-refractivity contribution is 0.0539. The Morgan fingerprint density at radius 1 is 1.53 bits per heavy atom. The van der Waals surface area contributed by atoms with Crippen molar-refractivity contribution < 1.29 is 9.90 Å². The number of hydrogen-bond acceptors (Lipinski definition) is 4. The monoisotopic (exact) mass is 263 g/mol. The summed E-state index contributed by atoms with van der Waals surface area (Å²) in [6, 6.07) is 2.04. The molecule has 0 aromatic carbocycles. The second-order valence-corrected chi connectivity index (χ2v) is 5.14. The van der Waals surface area contributed by atoms with Crippen molar-refractivity contribution in [3.63, 3.8) is 0 Å². The molecule has 0 aliphatic carbocycles. The topological polar surface area (TPSA) is 56.7 Å². The lowest BCUT2D eigenvalue weighted by atomic mass is 10.1. The van der Waals surface area contributed by atoms with Crippen molar-refractivity contribution in [1.82, 2.24) is 14.8 Å². The summed E-state index contributed by atoms with van der Waals surface area (Å²) >= 11 is 0. The van der Waals surface area contributed by atoms with E-state index >= 15 is 0 Å². The molecule has 5 nitrogen and oxygen atoms in total. The van der Waals surface area contributed by atoms with Crippen LogP contribution in [0, 0.1) is 6.92 Å². The number of piperazine rings is 1. The summed E-state index contributed by atoms with van der Waals surface area (Å²) in [4.78, 5) is 20.5. The van der Waals surface area contributed by atoms with Gasteiger partial charge in [0, 0.05) is 31.4 Å². The van der Waals surface area contributed by atoms with E-state index in [-0.39, 0.29) is 11.7 Å². The Morgan fingerprint density at radius 2 is 2.26 bits per heavy atom. The number of amides is 1. The fourth-order valence-electron chi connectivity index (χ4n) is 2.47. The van der Waals surface area contributed by atoms with Crippen molar-refractivity contribution in [2.45, 2.75) is 26.3 Å². The van der Waals surface area contributed by atoms with Crippen LogP contribution < -0.4 is 0 Å². The predicted octanol–water partition coefficient (Wildman–Crippen LogP) is 1.26. The number of carbonyl (C=O) groups is 1. The van der Waals surface area contributed by atoms with Crippen LogP contribution in [0.15, 0.2) is 12.3 Å². The first-order chi connectivity index (χ1) is 9.02. The molecule has 1 saturated heterocycles. The highest BCUT2D eigenvalue weighted by Crippen LogP contribution is 2.20. The van der Waals surface area contributed by atoms with Crippen LogP contribution in [0.3, 0.4) is 0 Å². The minimum Gasteiger partial charge on any atom is -0.505 e. The van der Waals surface area contributed by atoms with Gasteiger partial charge in [-0.3, -0.25) is 14.7 Å². The first-order valence-corrected chi connectivity index (χ1v) is 6.68. The number of carbonyl (C=O) groups excluding carboxylic acids is 1. The van der Waals surface area contributed by atoms with E-state index < -0.39 is 0 Å². The van der Waals surface area contributed by atoms with Gasteiger partial charge in [-0.2, -0.15) is 0 Å². The molecule has 104 valence electrons. The fraction of sp³-hybridized carbons (Fsp3) is 0.571. The molecular formula is C14H21N3O2. The summed E-state index contributed by atoms with van der Waals surface area (Å²) < 4.78 is 0. The molecule has 1 amide bonds. The molecule has 1 aromatic rings. The highest BCUT2D eigenvalue weighted by atomic mass is 16.3. The van der Waals surface area contributed by atoms with E-state index in [1.54, 1.807) is 6.07 Å². The van der Waals surface area contributed by atoms with Gasteiger partial charge in [0.25, 0.3) is 5.91 Å². The average Bonchev–Trinajstić information content (AvgIpc) is 2.41. The Kier molecular flexibility index (Phi) is 4.04. The van der Waals surface area contributed by atoms with Gasteiger partial charge in [0.05, 0.1) is 11.8 Å². The predicted molar refractivity (Wildman–Crippen MR) is 73.3 cm³/mol. The quantitative estimate of drug-likeness (QED) is 0.873. The number of aryl methyl sites for hydroxylation is 1. The molecule has 0 saturated carbocycles. The molecule has 1 N–H and O–H groups in total. The normalized spacial score (nSPS) is 20.6.